The number of rotatable bonds is 4. The summed E-state index contributed by atoms with van der Waals surface area (Å²) in [5.41, 5.74) is 0. The maximum absolute atomic E-state index is 10.4. The van der Waals surface area contributed by atoms with E-state index >= 15 is 0 Å². The van der Waals surface area contributed by atoms with Crippen molar-refractivity contribution in [3.8, 4) is 12.3 Å². The Bertz CT molecular complexity index is 240. The minimum Gasteiger partial charge on any atom is -0.216 e. The van der Waals surface area contributed by atoms with Crippen LogP contribution in [-0.2, 0) is 10.2 Å². The molecule has 0 fully saturated rings. The molecule has 0 aliphatic heterocycles. The molecule has 4 nitrogen and oxygen atoms in total. The summed E-state index contributed by atoms with van der Waals surface area (Å²) in [6.45, 7) is 1.91. The van der Waals surface area contributed by atoms with Crippen molar-refractivity contribution in [1.82, 2.24) is 4.72 Å². The van der Waals surface area contributed by atoms with E-state index in [2.05, 4.69) is 10.6 Å². The molecule has 0 bridgehead atoms. The van der Waals surface area contributed by atoms with Gasteiger partial charge < -0.3 is 0 Å². The predicted molar refractivity (Wildman–Crippen MR) is 43.8 cm³/mol. The van der Waals surface area contributed by atoms with Crippen LogP contribution in [0.15, 0.2) is 0 Å². The van der Waals surface area contributed by atoms with Gasteiger partial charge in [-0.2, -0.15) is 13.1 Å². The van der Waals surface area contributed by atoms with Gasteiger partial charge in [-0.15, -0.1) is 6.42 Å². The Hall–Kier alpha value is -0.570. The van der Waals surface area contributed by atoms with E-state index in [0.717, 1.165) is 6.42 Å². The van der Waals surface area contributed by atoms with Crippen LogP contribution in [0.1, 0.15) is 19.8 Å². The van der Waals surface area contributed by atoms with E-state index in [4.69, 9.17) is 11.6 Å². The Morgan fingerprint density at radius 1 is 1.73 bits per heavy atom. The summed E-state index contributed by atoms with van der Waals surface area (Å²) in [6.07, 6.45) is 6.45. The molecule has 0 aromatic rings. The summed E-state index contributed by atoms with van der Waals surface area (Å²) in [6, 6.07) is -0.477. The number of nitrogens with two attached hydrogens (primary N) is 1. The molecule has 1 atom stereocenters. The van der Waals surface area contributed by atoms with E-state index in [1.807, 2.05) is 6.92 Å². The highest BCUT2D eigenvalue weighted by Gasteiger charge is 2.09. The summed E-state index contributed by atoms with van der Waals surface area (Å²) in [5.74, 6) is 2.29. The van der Waals surface area contributed by atoms with Gasteiger partial charge in [0.15, 0.2) is 0 Å². The maximum Gasteiger partial charge on any atom is 0.275 e. The summed E-state index contributed by atoms with van der Waals surface area (Å²) in [5, 5.41) is 4.71. The van der Waals surface area contributed by atoms with Crippen molar-refractivity contribution in [1.29, 1.82) is 0 Å². The molecule has 0 radical (unpaired) electrons. The van der Waals surface area contributed by atoms with Gasteiger partial charge in [-0.1, -0.05) is 19.3 Å². The largest absolute Gasteiger partial charge is 0.275 e. The van der Waals surface area contributed by atoms with E-state index in [-0.39, 0.29) is 0 Å². The highest BCUT2D eigenvalue weighted by atomic mass is 32.2. The molecule has 3 N–H and O–H groups in total. The first-order chi connectivity index (χ1) is 4.99. The molecule has 11 heavy (non-hydrogen) atoms. The second-order valence-corrected chi connectivity index (χ2v) is 3.50. The highest BCUT2D eigenvalue weighted by molar-refractivity contribution is 7.87. The zero-order valence-electron chi connectivity index (χ0n) is 6.37. The van der Waals surface area contributed by atoms with Gasteiger partial charge in [-0.05, 0) is 6.42 Å². The third-order valence-electron chi connectivity index (χ3n) is 1.09. The molecule has 0 saturated heterocycles. The summed E-state index contributed by atoms with van der Waals surface area (Å²) in [4.78, 5) is 0. The third-order valence-corrected chi connectivity index (χ3v) is 1.70. The Morgan fingerprint density at radius 3 is 2.55 bits per heavy atom. The SMILES string of the molecule is C#CC(CCC)NS(N)(=O)=O. The molecule has 64 valence electrons. The molecule has 0 aliphatic carbocycles. The Kier molecular flexibility index (Phi) is 4.11. The molecule has 0 spiro atoms. The fraction of sp³-hybridized carbons (Fsp3) is 0.667. The zero-order chi connectivity index (χ0) is 8.91. The smallest absolute Gasteiger partial charge is 0.216 e. The highest BCUT2D eigenvalue weighted by Crippen LogP contribution is 1.94. The fourth-order valence-corrected chi connectivity index (χ4v) is 1.25. The third kappa shape index (κ3) is 5.85. The van der Waals surface area contributed by atoms with E-state index in [9.17, 15) is 8.42 Å². The van der Waals surface area contributed by atoms with E-state index in [1.165, 1.54) is 0 Å². The lowest BCUT2D eigenvalue weighted by molar-refractivity contribution is 0.566. The van der Waals surface area contributed by atoms with E-state index in [1.54, 1.807) is 0 Å². The van der Waals surface area contributed by atoms with E-state index in [0.29, 0.717) is 6.42 Å². The first kappa shape index (κ1) is 10.4. The molecular weight excluding hydrogens is 164 g/mol. The molecule has 0 aromatic carbocycles. The lowest BCUT2D eigenvalue weighted by Crippen LogP contribution is -2.38. The lowest BCUT2D eigenvalue weighted by atomic mass is 10.2. The number of hydrogen-bond acceptors (Lipinski definition) is 2. The average molecular weight is 176 g/mol. The maximum atomic E-state index is 10.4. The van der Waals surface area contributed by atoms with Crippen LogP contribution in [0.4, 0.5) is 0 Å². The van der Waals surface area contributed by atoms with Crippen molar-refractivity contribution >= 4 is 10.2 Å². The molecule has 0 heterocycles. The van der Waals surface area contributed by atoms with Crippen molar-refractivity contribution in [3.05, 3.63) is 0 Å². The minimum absolute atomic E-state index is 0.477. The Morgan fingerprint density at radius 2 is 2.27 bits per heavy atom. The lowest BCUT2D eigenvalue weighted by Gasteiger charge is -2.08. The molecule has 5 heteroatoms. The summed E-state index contributed by atoms with van der Waals surface area (Å²) < 4.78 is 23.0. The quantitative estimate of drug-likeness (QED) is 0.571. The van der Waals surface area contributed by atoms with Gasteiger partial charge in [0.25, 0.3) is 10.2 Å². The van der Waals surface area contributed by atoms with Crippen LogP contribution in [0.2, 0.25) is 0 Å². The molecule has 0 rings (SSSR count). The Balaban J connectivity index is 4.02. The second-order valence-electron chi connectivity index (χ2n) is 2.17. The standard InChI is InChI=1S/C6H12N2O2S/c1-3-5-6(4-2)8-11(7,9)10/h2,6,8H,3,5H2,1H3,(H2,7,9,10). The van der Waals surface area contributed by atoms with Crippen LogP contribution in [0.5, 0.6) is 0 Å². The van der Waals surface area contributed by atoms with Gasteiger partial charge >= 0.3 is 0 Å². The topological polar surface area (TPSA) is 72.2 Å². The predicted octanol–water partition coefficient (Wildman–Crippen LogP) is -0.419. The monoisotopic (exact) mass is 176 g/mol. The molecule has 1 unspecified atom stereocenters. The summed E-state index contributed by atoms with van der Waals surface area (Å²) >= 11 is 0. The number of nitrogens with one attached hydrogen (secondary N) is 1. The van der Waals surface area contributed by atoms with Gasteiger partial charge in [0.05, 0.1) is 6.04 Å². The van der Waals surface area contributed by atoms with Crippen LogP contribution in [-0.4, -0.2) is 14.5 Å². The van der Waals surface area contributed by atoms with Gasteiger partial charge in [-0.25, -0.2) is 5.14 Å². The van der Waals surface area contributed by atoms with Gasteiger partial charge in [0.1, 0.15) is 0 Å². The van der Waals surface area contributed by atoms with Gasteiger partial charge in [-0.3, -0.25) is 0 Å². The minimum atomic E-state index is -3.65. The normalized spacial score (nSPS) is 13.9. The molecule has 0 amide bonds. The van der Waals surface area contributed by atoms with Crippen molar-refractivity contribution in [2.45, 2.75) is 25.8 Å². The number of terminal acetylenes is 1. The summed E-state index contributed by atoms with van der Waals surface area (Å²) in [7, 11) is -3.65. The van der Waals surface area contributed by atoms with Gasteiger partial charge in [0, 0.05) is 0 Å². The van der Waals surface area contributed by atoms with Crippen molar-refractivity contribution in [3.63, 3.8) is 0 Å². The first-order valence-corrected chi connectivity index (χ1v) is 4.80. The fourth-order valence-electron chi connectivity index (χ4n) is 0.663. The first-order valence-electron chi connectivity index (χ1n) is 3.25. The van der Waals surface area contributed by atoms with Crippen LogP contribution in [0.25, 0.3) is 0 Å². The van der Waals surface area contributed by atoms with Crippen molar-refractivity contribution in [2.75, 3.05) is 0 Å². The number of hydrogen-bond donors (Lipinski definition) is 2. The zero-order valence-corrected chi connectivity index (χ0v) is 7.19. The van der Waals surface area contributed by atoms with Crippen LogP contribution in [0.3, 0.4) is 0 Å². The molecule has 0 aromatic heterocycles. The van der Waals surface area contributed by atoms with Crippen LogP contribution < -0.4 is 9.86 Å². The Labute approximate surface area is 67.3 Å². The average Bonchev–Trinajstić information content (AvgIpc) is 1.84. The van der Waals surface area contributed by atoms with Crippen LogP contribution in [0, 0.1) is 12.3 Å². The molecular formula is C6H12N2O2S. The van der Waals surface area contributed by atoms with Gasteiger partial charge in [0.2, 0.25) is 0 Å². The van der Waals surface area contributed by atoms with Crippen LogP contribution >= 0.6 is 0 Å². The van der Waals surface area contributed by atoms with Crippen molar-refractivity contribution < 1.29 is 8.42 Å². The molecule has 0 saturated carbocycles. The van der Waals surface area contributed by atoms with Crippen molar-refractivity contribution in [2.24, 2.45) is 5.14 Å². The van der Waals surface area contributed by atoms with E-state index < -0.39 is 16.3 Å². The molecule has 0 aliphatic rings. The second kappa shape index (κ2) is 4.34.